The number of methoxy groups -OCH3 is 1. The molecule has 4 amide bonds. The van der Waals surface area contributed by atoms with Crippen LogP contribution in [-0.2, 0) is 16.0 Å². The lowest BCUT2D eigenvalue weighted by molar-refractivity contribution is -0.384. The van der Waals surface area contributed by atoms with Gasteiger partial charge in [0.1, 0.15) is 5.75 Å². The Morgan fingerprint density at radius 1 is 1.00 bits per heavy atom. The Hall–Kier alpha value is -4.15. The summed E-state index contributed by atoms with van der Waals surface area (Å²) in [5, 5.41) is 11.5. The van der Waals surface area contributed by atoms with Crippen LogP contribution in [-0.4, -0.2) is 79.4 Å². The van der Waals surface area contributed by atoms with Crippen LogP contribution in [0.3, 0.4) is 0 Å². The van der Waals surface area contributed by atoms with Crippen molar-refractivity contribution in [3.63, 3.8) is 0 Å². The summed E-state index contributed by atoms with van der Waals surface area (Å²) < 4.78 is 5.54. The molecule has 0 N–H and O–H groups in total. The molecule has 5 rings (SSSR count). The van der Waals surface area contributed by atoms with Gasteiger partial charge in [-0.15, -0.1) is 0 Å². The lowest BCUT2D eigenvalue weighted by Crippen LogP contribution is -2.74. The van der Waals surface area contributed by atoms with Crippen LogP contribution >= 0.6 is 0 Å². The normalized spacial score (nSPS) is 21.2. The van der Waals surface area contributed by atoms with Gasteiger partial charge in [-0.05, 0) is 23.8 Å². The average Bonchev–Trinajstić information content (AvgIpc) is 2.88. The van der Waals surface area contributed by atoms with Gasteiger partial charge in [-0.1, -0.05) is 12.1 Å². The number of nitrogens with zero attached hydrogens (tertiary/aromatic N) is 5. The number of non-ortho nitro benzene ring substituents is 1. The van der Waals surface area contributed by atoms with Crippen LogP contribution < -0.4 is 14.5 Å². The number of ether oxygens (including phenoxy) is 1. The van der Waals surface area contributed by atoms with Crippen molar-refractivity contribution < 1.29 is 24.0 Å². The van der Waals surface area contributed by atoms with Crippen molar-refractivity contribution in [3.8, 4) is 5.75 Å². The van der Waals surface area contributed by atoms with Gasteiger partial charge in [0, 0.05) is 58.0 Å². The highest BCUT2D eigenvalue weighted by atomic mass is 16.6. The number of para-hydroxylation sites is 2. The molecule has 1 spiro atoms. The summed E-state index contributed by atoms with van der Waals surface area (Å²) in [6, 6.07) is 10.8. The number of rotatable bonds is 3. The van der Waals surface area contributed by atoms with Crippen molar-refractivity contribution in [2.75, 3.05) is 50.6 Å². The summed E-state index contributed by atoms with van der Waals surface area (Å²) >= 11 is 0. The third kappa shape index (κ3) is 3.14. The van der Waals surface area contributed by atoms with E-state index in [-0.39, 0.29) is 12.1 Å². The summed E-state index contributed by atoms with van der Waals surface area (Å²) in [5.74, 6) is -0.521. The van der Waals surface area contributed by atoms with E-state index in [4.69, 9.17) is 4.74 Å². The van der Waals surface area contributed by atoms with Gasteiger partial charge in [0.05, 0.1) is 23.8 Å². The molecule has 3 heterocycles. The van der Waals surface area contributed by atoms with Gasteiger partial charge in [-0.25, -0.2) is 4.79 Å². The molecule has 182 valence electrons. The number of nitro benzene ring substituents is 1. The van der Waals surface area contributed by atoms with E-state index in [1.807, 2.05) is 29.2 Å². The lowest BCUT2D eigenvalue weighted by atomic mass is 9.67. The second-order valence-corrected chi connectivity index (χ2v) is 9.06. The molecular weight excluding hydrogens is 454 g/mol. The van der Waals surface area contributed by atoms with Gasteiger partial charge >= 0.3 is 6.03 Å². The van der Waals surface area contributed by atoms with Crippen molar-refractivity contribution in [1.82, 2.24) is 9.80 Å². The number of hydrogen-bond acceptors (Lipinski definition) is 8. The minimum absolute atomic E-state index is 0.0371. The fraction of sp³-hybridized carbons (Fsp3) is 0.375. The molecule has 0 saturated carbocycles. The van der Waals surface area contributed by atoms with Crippen LogP contribution in [0.5, 0.6) is 5.75 Å². The van der Waals surface area contributed by atoms with Gasteiger partial charge in [-0.2, -0.15) is 0 Å². The highest BCUT2D eigenvalue weighted by Gasteiger charge is 2.64. The standard InChI is InChI=1S/C24H25N5O6/c1-25-21(30)24(22(31)26(2)23(25)32)13-15-12-16(29(33)34)8-9-17(15)28-11-10-27(14-20(24)28)18-6-4-5-7-19(18)35-3/h4-9,12,20H,10-11,13-14H2,1-3H3/t20-/m1/s1. The molecule has 2 aromatic carbocycles. The smallest absolute Gasteiger partial charge is 0.332 e. The largest absolute Gasteiger partial charge is 0.495 e. The maximum Gasteiger partial charge on any atom is 0.332 e. The first-order valence-electron chi connectivity index (χ1n) is 11.2. The SMILES string of the molecule is COc1ccccc1N1CCN2c3ccc([N+](=O)[O-])cc3CC3(C(=O)N(C)C(=O)N(C)C3=O)[C@H]2C1. The summed E-state index contributed by atoms with van der Waals surface area (Å²) in [6.07, 6.45) is -0.0371. The molecule has 11 heteroatoms. The van der Waals surface area contributed by atoms with Crippen molar-refractivity contribution in [3.05, 3.63) is 58.1 Å². The van der Waals surface area contributed by atoms with Gasteiger partial charge in [0.2, 0.25) is 11.8 Å². The average molecular weight is 479 g/mol. The van der Waals surface area contributed by atoms with Crippen molar-refractivity contribution in [2.24, 2.45) is 5.41 Å². The van der Waals surface area contributed by atoms with Gasteiger partial charge in [0.15, 0.2) is 5.41 Å². The summed E-state index contributed by atoms with van der Waals surface area (Å²) in [6.45, 7) is 1.37. The number of hydrogen-bond donors (Lipinski definition) is 0. The Bertz CT molecular complexity index is 1240. The topological polar surface area (TPSA) is 117 Å². The number of urea groups is 1. The molecule has 11 nitrogen and oxygen atoms in total. The Kier molecular flexibility index (Phi) is 5.15. The first kappa shape index (κ1) is 22.6. The number of barbiturate groups is 1. The Labute approximate surface area is 201 Å². The number of nitro groups is 1. The molecule has 3 aliphatic heterocycles. The third-order valence-corrected chi connectivity index (χ3v) is 7.37. The predicted octanol–water partition coefficient (Wildman–Crippen LogP) is 1.89. The highest BCUT2D eigenvalue weighted by Crippen LogP contribution is 2.48. The Balaban J connectivity index is 1.67. The van der Waals surface area contributed by atoms with Crippen LogP contribution in [0.2, 0.25) is 0 Å². The van der Waals surface area contributed by atoms with E-state index in [1.54, 1.807) is 13.2 Å². The number of carbonyl (C=O) groups excluding carboxylic acids is 3. The molecule has 3 aliphatic rings. The van der Waals surface area contributed by atoms with E-state index in [9.17, 15) is 24.5 Å². The number of benzene rings is 2. The van der Waals surface area contributed by atoms with E-state index in [1.165, 1.54) is 26.2 Å². The molecule has 35 heavy (non-hydrogen) atoms. The number of fused-ring (bicyclic) bond motifs is 4. The number of piperazine rings is 1. The molecule has 0 radical (unpaired) electrons. The molecule has 2 aromatic rings. The van der Waals surface area contributed by atoms with Crippen LogP contribution in [0, 0.1) is 15.5 Å². The molecule has 2 fully saturated rings. The molecule has 1 atom stereocenters. The quantitative estimate of drug-likeness (QED) is 0.372. The fourth-order valence-electron chi connectivity index (χ4n) is 5.65. The second-order valence-electron chi connectivity index (χ2n) is 9.06. The summed E-state index contributed by atoms with van der Waals surface area (Å²) in [5.41, 5.74) is 0.416. The fourth-order valence-corrected chi connectivity index (χ4v) is 5.65. The maximum atomic E-state index is 13.8. The van der Waals surface area contributed by atoms with E-state index < -0.39 is 34.2 Å². The van der Waals surface area contributed by atoms with Gasteiger partial charge in [-0.3, -0.25) is 29.5 Å². The van der Waals surface area contributed by atoms with Crippen molar-refractivity contribution >= 4 is 34.9 Å². The van der Waals surface area contributed by atoms with Crippen LogP contribution in [0.1, 0.15) is 5.56 Å². The minimum atomic E-state index is -1.61. The van der Waals surface area contributed by atoms with Crippen molar-refractivity contribution in [1.29, 1.82) is 0 Å². The minimum Gasteiger partial charge on any atom is -0.495 e. The highest BCUT2D eigenvalue weighted by molar-refractivity contribution is 6.20. The van der Waals surface area contributed by atoms with Crippen LogP contribution in [0.25, 0.3) is 0 Å². The van der Waals surface area contributed by atoms with Crippen molar-refractivity contribution in [2.45, 2.75) is 12.5 Å². The zero-order chi connectivity index (χ0) is 25.1. The van der Waals surface area contributed by atoms with E-state index in [0.717, 1.165) is 21.2 Å². The Morgan fingerprint density at radius 2 is 1.69 bits per heavy atom. The van der Waals surface area contributed by atoms with E-state index >= 15 is 0 Å². The molecule has 0 aliphatic carbocycles. The molecular formula is C24H25N5O6. The number of carbonyl (C=O) groups is 3. The van der Waals surface area contributed by atoms with Gasteiger partial charge in [0.25, 0.3) is 5.69 Å². The zero-order valence-electron chi connectivity index (χ0n) is 19.6. The molecule has 0 aromatic heterocycles. The number of imide groups is 2. The molecule has 2 saturated heterocycles. The summed E-state index contributed by atoms with van der Waals surface area (Å²) in [4.78, 5) is 57.1. The second kappa shape index (κ2) is 7.97. The predicted molar refractivity (Wildman–Crippen MR) is 127 cm³/mol. The molecule has 0 bridgehead atoms. The van der Waals surface area contributed by atoms with E-state index in [2.05, 4.69) is 4.90 Å². The van der Waals surface area contributed by atoms with Crippen LogP contribution in [0.4, 0.5) is 21.9 Å². The van der Waals surface area contributed by atoms with E-state index in [0.29, 0.717) is 30.9 Å². The Morgan fingerprint density at radius 3 is 2.34 bits per heavy atom. The first-order chi connectivity index (χ1) is 16.7. The van der Waals surface area contributed by atoms with Gasteiger partial charge < -0.3 is 14.5 Å². The first-order valence-corrected chi connectivity index (χ1v) is 11.2. The lowest BCUT2D eigenvalue weighted by Gasteiger charge is -2.56. The molecule has 0 unspecified atom stereocenters. The summed E-state index contributed by atoms with van der Waals surface area (Å²) in [7, 11) is 4.32. The number of amides is 4. The van der Waals surface area contributed by atoms with Crippen LogP contribution in [0.15, 0.2) is 42.5 Å². The zero-order valence-corrected chi connectivity index (χ0v) is 19.6. The maximum absolute atomic E-state index is 13.8. The number of anilines is 2. The monoisotopic (exact) mass is 479 g/mol. The third-order valence-electron chi connectivity index (χ3n) is 7.37.